The summed E-state index contributed by atoms with van der Waals surface area (Å²) >= 11 is 0. The minimum absolute atomic E-state index is 0.225. The standard InChI is InChI=1S/C15H15N3O4/c16-8-7-13(19)17-11-3-1-10(2-4-11)15(21)22-9-14(20)18-12-5-6-12/h1-4,12H,5-7,9H2,(H,17,19)(H,18,20). The molecule has 0 radical (unpaired) electrons. The third-order valence-corrected chi connectivity index (χ3v) is 2.92. The van der Waals surface area contributed by atoms with Crippen LogP contribution in [0.4, 0.5) is 5.69 Å². The van der Waals surface area contributed by atoms with E-state index in [4.69, 9.17) is 10.00 Å². The second-order valence-electron chi connectivity index (χ2n) is 4.88. The Morgan fingerprint density at radius 3 is 2.45 bits per heavy atom. The van der Waals surface area contributed by atoms with Crippen molar-refractivity contribution in [3.8, 4) is 6.07 Å². The molecule has 7 heteroatoms. The van der Waals surface area contributed by atoms with Gasteiger partial charge >= 0.3 is 5.97 Å². The highest BCUT2D eigenvalue weighted by Crippen LogP contribution is 2.18. The van der Waals surface area contributed by atoms with Crippen LogP contribution >= 0.6 is 0 Å². The lowest BCUT2D eigenvalue weighted by molar-refractivity contribution is -0.124. The third kappa shape index (κ3) is 4.90. The molecule has 114 valence electrons. The Kier molecular flexibility index (Phi) is 5.09. The average molecular weight is 301 g/mol. The highest BCUT2D eigenvalue weighted by Gasteiger charge is 2.23. The molecule has 2 rings (SSSR count). The lowest BCUT2D eigenvalue weighted by Gasteiger charge is -2.07. The number of carbonyl (C=O) groups excluding carboxylic acids is 3. The zero-order valence-corrected chi connectivity index (χ0v) is 11.8. The first kappa shape index (κ1) is 15.5. The Labute approximate surface area is 127 Å². The number of hydrogen-bond acceptors (Lipinski definition) is 5. The zero-order chi connectivity index (χ0) is 15.9. The first-order valence-corrected chi connectivity index (χ1v) is 6.82. The Morgan fingerprint density at radius 1 is 1.18 bits per heavy atom. The molecular weight excluding hydrogens is 286 g/mol. The first-order valence-electron chi connectivity index (χ1n) is 6.82. The van der Waals surface area contributed by atoms with E-state index < -0.39 is 11.9 Å². The molecule has 2 amide bonds. The number of esters is 1. The summed E-state index contributed by atoms with van der Waals surface area (Å²) in [7, 11) is 0. The van der Waals surface area contributed by atoms with Crippen molar-refractivity contribution in [3.05, 3.63) is 29.8 Å². The fourth-order valence-electron chi connectivity index (χ4n) is 1.68. The van der Waals surface area contributed by atoms with Gasteiger partial charge < -0.3 is 15.4 Å². The van der Waals surface area contributed by atoms with Crippen LogP contribution in [-0.2, 0) is 14.3 Å². The van der Waals surface area contributed by atoms with E-state index in [1.165, 1.54) is 24.3 Å². The van der Waals surface area contributed by atoms with Crippen molar-refractivity contribution in [2.24, 2.45) is 0 Å². The minimum Gasteiger partial charge on any atom is -0.452 e. The molecule has 0 unspecified atom stereocenters. The van der Waals surface area contributed by atoms with E-state index in [0.29, 0.717) is 5.69 Å². The summed E-state index contributed by atoms with van der Waals surface area (Å²) in [6.07, 6.45) is 1.71. The average Bonchev–Trinajstić information content (AvgIpc) is 3.29. The summed E-state index contributed by atoms with van der Waals surface area (Å²) in [4.78, 5) is 34.4. The molecule has 0 heterocycles. The predicted octanol–water partition coefficient (Wildman–Crippen LogP) is 0.974. The summed E-state index contributed by atoms with van der Waals surface area (Å²) in [5.41, 5.74) is 0.751. The van der Waals surface area contributed by atoms with Crippen LogP contribution in [0.25, 0.3) is 0 Å². The lowest BCUT2D eigenvalue weighted by atomic mass is 10.2. The molecule has 1 aromatic rings. The van der Waals surface area contributed by atoms with Gasteiger partial charge in [0.25, 0.3) is 5.91 Å². The maximum Gasteiger partial charge on any atom is 0.338 e. The van der Waals surface area contributed by atoms with Crippen LogP contribution in [0, 0.1) is 11.3 Å². The summed E-state index contributed by atoms with van der Waals surface area (Å²) in [5.74, 6) is -1.34. The molecule has 1 aliphatic rings. The van der Waals surface area contributed by atoms with Crippen molar-refractivity contribution in [1.82, 2.24) is 5.32 Å². The number of hydrogen-bond donors (Lipinski definition) is 2. The van der Waals surface area contributed by atoms with Crippen molar-refractivity contribution in [1.29, 1.82) is 5.26 Å². The number of nitrogens with one attached hydrogen (secondary N) is 2. The fraction of sp³-hybridized carbons (Fsp3) is 0.333. The molecule has 0 aromatic heterocycles. The minimum atomic E-state index is -0.610. The molecule has 22 heavy (non-hydrogen) atoms. The smallest absolute Gasteiger partial charge is 0.338 e. The molecule has 1 aliphatic carbocycles. The summed E-state index contributed by atoms with van der Waals surface area (Å²) in [6.45, 7) is -0.310. The Morgan fingerprint density at radius 2 is 1.86 bits per heavy atom. The van der Waals surface area contributed by atoms with Gasteiger partial charge in [-0.2, -0.15) is 5.26 Å². The Balaban J connectivity index is 1.81. The van der Waals surface area contributed by atoms with Crippen LogP contribution in [0.5, 0.6) is 0 Å². The van der Waals surface area contributed by atoms with E-state index in [9.17, 15) is 14.4 Å². The van der Waals surface area contributed by atoms with Crippen molar-refractivity contribution in [2.45, 2.75) is 25.3 Å². The number of carbonyl (C=O) groups is 3. The topological polar surface area (TPSA) is 108 Å². The lowest BCUT2D eigenvalue weighted by Crippen LogP contribution is -2.30. The predicted molar refractivity (Wildman–Crippen MR) is 76.7 cm³/mol. The van der Waals surface area contributed by atoms with Crippen LogP contribution in [0.1, 0.15) is 29.6 Å². The monoisotopic (exact) mass is 301 g/mol. The number of benzene rings is 1. The summed E-state index contributed by atoms with van der Waals surface area (Å²) in [6, 6.07) is 7.96. The molecule has 0 saturated heterocycles. The van der Waals surface area contributed by atoms with E-state index in [2.05, 4.69) is 10.6 Å². The van der Waals surface area contributed by atoms with Crippen molar-refractivity contribution < 1.29 is 19.1 Å². The van der Waals surface area contributed by atoms with E-state index in [-0.39, 0.29) is 30.5 Å². The summed E-state index contributed by atoms with van der Waals surface area (Å²) in [5, 5.41) is 13.6. The quantitative estimate of drug-likeness (QED) is 0.761. The normalized spacial score (nSPS) is 12.9. The highest BCUT2D eigenvalue weighted by atomic mass is 16.5. The number of ether oxygens (including phenoxy) is 1. The highest BCUT2D eigenvalue weighted by molar-refractivity contribution is 5.94. The molecule has 0 bridgehead atoms. The first-order chi connectivity index (χ1) is 10.6. The molecule has 0 atom stereocenters. The van der Waals surface area contributed by atoms with Crippen LogP contribution in [0.2, 0.25) is 0 Å². The van der Waals surface area contributed by atoms with Crippen molar-refractivity contribution >= 4 is 23.5 Å². The maximum atomic E-state index is 11.8. The SMILES string of the molecule is N#CCC(=O)Nc1ccc(C(=O)OCC(=O)NC2CC2)cc1. The van der Waals surface area contributed by atoms with E-state index in [1.54, 1.807) is 6.07 Å². The van der Waals surface area contributed by atoms with Gasteiger partial charge in [0, 0.05) is 11.7 Å². The molecule has 1 fully saturated rings. The molecule has 0 spiro atoms. The molecular formula is C15H15N3O4. The van der Waals surface area contributed by atoms with Gasteiger partial charge in [-0.25, -0.2) is 4.79 Å². The van der Waals surface area contributed by atoms with Gasteiger partial charge in [0.05, 0.1) is 11.6 Å². The number of rotatable bonds is 6. The van der Waals surface area contributed by atoms with Gasteiger partial charge in [-0.15, -0.1) is 0 Å². The van der Waals surface area contributed by atoms with Gasteiger partial charge in [0.1, 0.15) is 6.42 Å². The van der Waals surface area contributed by atoms with E-state index >= 15 is 0 Å². The van der Waals surface area contributed by atoms with Crippen LogP contribution in [0.15, 0.2) is 24.3 Å². The number of nitriles is 1. The van der Waals surface area contributed by atoms with E-state index in [0.717, 1.165) is 12.8 Å². The molecule has 1 saturated carbocycles. The second kappa shape index (κ2) is 7.22. The maximum absolute atomic E-state index is 11.8. The third-order valence-electron chi connectivity index (χ3n) is 2.92. The zero-order valence-electron chi connectivity index (χ0n) is 11.8. The molecule has 2 N–H and O–H groups in total. The molecule has 1 aromatic carbocycles. The van der Waals surface area contributed by atoms with Crippen LogP contribution in [0.3, 0.4) is 0 Å². The number of nitrogens with zero attached hydrogens (tertiary/aromatic N) is 1. The number of amides is 2. The van der Waals surface area contributed by atoms with Crippen molar-refractivity contribution in [3.63, 3.8) is 0 Å². The second-order valence-corrected chi connectivity index (χ2v) is 4.88. The largest absolute Gasteiger partial charge is 0.452 e. The Hall–Kier alpha value is -2.88. The molecule has 0 aliphatic heterocycles. The van der Waals surface area contributed by atoms with Gasteiger partial charge in [0.2, 0.25) is 5.91 Å². The van der Waals surface area contributed by atoms with Crippen LogP contribution in [-0.4, -0.2) is 30.4 Å². The van der Waals surface area contributed by atoms with Gasteiger partial charge in [-0.05, 0) is 37.1 Å². The van der Waals surface area contributed by atoms with Crippen molar-refractivity contribution in [2.75, 3.05) is 11.9 Å². The van der Waals surface area contributed by atoms with Gasteiger partial charge in [-0.1, -0.05) is 0 Å². The fourth-order valence-corrected chi connectivity index (χ4v) is 1.68. The molecule has 7 nitrogen and oxygen atoms in total. The van der Waals surface area contributed by atoms with Gasteiger partial charge in [-0.3, -0.25) is 9.59 Å². The van der Waals surface area contributed by atoms with E-state index in [1.807, 2.05) is 0 Å². The van der Waals surface area contributed by atoms with Gasteiger partial charge in [0.15, 0.2) is 6.61 Å². The van der Waals surface area contributed by atoms with Crippen LogP contribution < -0.4 is 10.6 Å². The summed E-state index contributed by atoms with van der Waals surface area (Å²) < 4.78 is 4.90. The number of anilines is 1. The Bertz CT molecular complexity index is 615.